The molecule has 4 rings (SSSR count). The van der Waals surface area contributed by atoms with Crippen molar-refractivity contribution >= 4 is 22.8 Å². The zero-order valence-corrected chi connectivity index (χ0v) is 17.8. The van der Waals surface area contributed by atoms with E-state index in [9.17, 15) is 9.59 Å². The average Bonchev–Trinajstić information content (AvgIpc) is 2.96. The van der Waals surface area contributed by atoms with Crippen molar-refractivity contribution in [3.8, 4) is 0 Å². The molecule has 0 atom stereocenters. The molecular formula is C24H29N5O2. The van der Waals surface area contributed by atoms with Crippen LogP contribution in [0.4, 0.5) is 0 Å². The second-order valence-corrected chi connectivity index (χ2v) is 7.96. The number of hydrogen-bond acceptors (Lipinski definition) is 4. The Kier molecular flexibility index (Phi) is 6.92. The Morgan fingerprint density at radius 2 is 1.71 bits per heavy atom. The van der Waals surface area contributed by atoms with E-state index in [1.165, 1.54) is 12.8 Å². The smallest absolute Gasteiger partial charge is 0.251 e. The highest BCUT2D eigenvalue weighted by atomic mass is 16.2. The number of carbonyl (C=O) groups excluding carboxylic acids is 2. The third-order valence-corrected chi connectivity index (χ3v) is 5.82. The number of aryl methyl sites for hydroxylation is 1. The number of nitrogens with zero attached hydrogens (tertiary/aromatic N) is 4. The predicted molar refractivity (Wildman–Crippen MR) is 120 cm³/mol. The first-order chi connectivity index (χ1) is 15.2. The van der Waals surface area contributed by atoms with Crippen LogP contribution < -0.4 is 5.32 Å². The molecule has 2 aromatic heterocycles. The summed E-state index contributed by atoms with van der Waals surface area (Å²) in [5, 5.41) is 2.95. The number of imidazole rings is 1. The second kappa shape index (κ2) is 10.2. The van der Waals surface area contributed by atoms with Crippen molar-refractivity contribution in [3.05, 3.63) is 60.2 Å². The minimum Gasteiger partial charge on any atom is -0.352 e. The third kappa shape index (κ3) is 5.29. The summed E-state index contributed by atoms with van der Waals surface area (Å²) in [7, 11) is 0. The molecule has 2 amide bonds. The Bertz CT molecular complexity index is 1020. The van der Waals surface area contributed by atoms with Gasteiger partial charge in [-0.25, -0.2) is 4.98 Å². The van der Waals surface area contributed by atoms with Gasteiger partial charge < -0.3 is 14.8 Å². The summed E-state index contributed by atoms with van der Waals surface area (Å²) in [5.74, 6) is 0.984. The Morgan fingerprint density at radius 1 is 0.968 bits per heavy atom. The Hall–Kier alpha value is -3.22. The first-order valence-corrected chi connectivity index (χ1v) is 11.1. The van der Waals surface area contributed by atoms with Crippen LogP contribution >= 0.6 is 0 Å². The van der Waals surface area contributed by atoms with Gasteiger partial charge in [-0.05, 0) is 37.1 Å². The van der Waals surface area contributed by atoms with E-state index in [-0.39, 0.29) is 11.8 Å². The number of benzene rings is 1. The van der Waals surface area contributed by atoms with Crippen molar-refractivity contribution in [1.82, 2.24) is 24.8 Å². The van der Waals surface area contributed by atoms with Crippen molar-refractivity contribution in [2.24, 2.45) is 0 Å². The average molecular weight is 420 g/mol. The summed E-state index contributed by atoms with van der Waals surface area (Å²) in [4.78, 5) is 35.8. The SMILES string of the molecule is O=C(NCCc1nc2ccccc2n1CCC(=O)N1CCCCCC1)c1ccncc1. The zero-order valence-electron chi connectivity index (χ0n) is 17.8. The Labute approximate surface area is 182 Å². The van der Waals surface area contributed by atoms with E-state index in [1.54, 1.807) is 24.5 Å². The molecular weight excluding hydrogens is 390 g/mol. The molecule has 1 aliphatic heterocycles. The summed E-state index contributed by atoms with van der Waals surface area (Å²) >= 11 is 0. The van der Waals surface area contributed by atoms with Gasteiger partial charge in [0.25, 0.3) is 5.91 Å². The van der Waals surface area contributed by atoms with E-state index in [4.69, 9.17) is 4.98 Å². The molecule has 0 spiro atoms. The van der Waals surface area contributed by atoms with Gasteiger partial charge in [0.1, 0.15) is 5.82 Å². The predicted octanol–water partition coefficient (Wildman–Crippen LogP) is 3.20. The number of amides is 2. The second-order valence-electron chi connectivity index (χ2n) is 7.96. The third-order valence-electron chi connectivity index (χ3n) is 5.82. The number of aromatic nitrogens is 3. The highest BCUT2D eigenvalue weighted by Gasteiger charge is 2.17. The lowest BCUT2D eigenvalue weighted by Gasteiger charge is -2.20. The van der Waals surface area contributed by atoms with Crippen LogP contribution in [0.15, 0.2) is 48.8 Å². The van der Waals surface area contributed by atoms with Crippen LogP contribution in [-0.4, -0.2) is 50.9 Å². The summed E-state index contributed by atoms with van der Waals surface area (Å²) in [6.45, 7) is 2.82. The first-order valence-electron chi connectivity index (χ1n) is 11.1. The fourth-order valence-corrected chi connectivity index (χ4v) is 4.14. The van der Waals surface area contributed by atoms with Crippen LogP contribution in [-0.2, 0) is 17.8 Å². The van der Waals surface area contributed by atoms with E-state index in [0.29, 0.717) is 31.5 Å². The molecule has 1 saturated heterocycles. The number of para-hydroxylation sites is 2. The molecule has 1 N–H and O–H groups in total. The summed E-state index contributed by atoms with van der Waals surface area (Å²) in [6, 6.07) is 11.4. The summed E-state index contributed by atoms with van der Waals surface area (Å²) < 4.78 is 2.13. The highest BCUT2D eigenvalue weighted by molar-refractivity contribution is 5.93. The van der Waals surface area contributed by atoms with Gasteiger partial charge in [0.15, 0.2) is 0 Å². The molecule has 1 aromatic carbocycles. The highest BCUT2D eigenvalue weighted by Crippen LogP contribution is 2.18. The van der Waals surface area contributed by atoms with Crippen LogP contribution in [0.5, 0.6) is 0 Å². The number of rotatable bonds is 7. The lowest BCUT2D eigenvalue weighted by Crippen LogP contribution is -2.32. The maximum atomic E-state index is 12.8. The van der Waals surface area contributed by atoms with Crippen LogP contribution in [0, 0.1) is 0 Å². The van der Waals surface area contributed by atoms with Gasteiger partial charge >= 0.3 is 0 Å². The maximum absolute atomic E-state index is 12.8. The number of nitrogens with one attached hydrogen (secondary N) is 1. The monoisotopic (exact) mass is 419 g/mol. The minimum absolute atomic E-state index is 0.124. The van der Waals surface area contributed by atoms with Crippen molar-refractivity contribution in [2.75, 3.05) is 19.6 Å². The number of hydrogen-bond donors (Lipinski definition) is 1. The number of pyridine rings is 1. The number of carbonyl (C=O) groups is 2. The molecule has 31 heavy (non-hydrogen) atoms. The van der Waals surface area contributed by atoms with Crippen LogP contribution in [0.1, 0.15) is 48.3 Å². The molecule has 7 nitrogen and oxygen atoms in total. The van der Waals surface area contributed by atoms with E-state index in [0.717, 1.165) is 42.8 Å². The molecule has 3 heterocycles. The fraction of sp³-hybridized carbons (Fsp3) is 0.417. The molecule has 0 radical (unpaired) electrons. The summed E-state index contributed by atoms with van der Waals surface area (Å²) in [5.41, 5.74) is 2.54. The minimum atomic E-state index is -0.124. The molecule has 0 aliphatic carbocycles. The van der Waals surface area contributed by atoms with Gasteiger partial charge in [-0.1, -0.05) is 25.0 Å². The lowest BCUT2D eigenvalue weighted by molar-refractivity contribution is -0.131. The van der Waals surface area contributed by atoms with Crippen LogP contribution in [0.2, 0.25) is 0 Å². The maximum Gasteiger partial charge on any atom is 0.251 e. The molecule has 162 valence electrons. The normalized spacial score (nSPS) is 14.4. The topological polar surface area (TPSA) is 80.1 Å². The van der Waals surface area contributed by atoms with Gasteiger partial charge in [0.2, 0.25) is 5.91 Å². The standard InChI is InChI=1S/C24H29N5O2/c30-23(28-16-5-1-2-6-17-28)12-18-29-21-8-4-3-7-20(21)27-22(29)11-15-26-24(31)19-9-13-25-14-10-19/h3-4,7-10,13-14H,1-2,5-6,11-12,15-18H2,(H,26,31). The van der Waals surface area contributed by atoms with Gasteiger partial charge in [-0.15, -0.1) is 0 Å². The van der Waals surface area contributed by atoms with E-state index < -0.39 is 0 Å². The molecule has 7 heteroatoms. The zero-order chi connectivity index (χ0) is 21.5. The molecule has 0 saturated carbocycles. The number of fused-ring (bicyclic) bond motifs is 1. The lowest BCUT2D eigenvalue weighted by atomic mass is 10.2. The van der Waals surface area contributed by atoms with Crippen LogP contribution in [0.3, 0.4) is 0 Å². The summed E-state index contributed by atoms with van der Waals surface area (Å²) in [6.07, 6.45) is 8.91. The Balaban J connectivity index is 1.41. The molecule has 0 bridgehead atoms. The molecule has 1 aliphatic rings. The molecule has 0 unspecified atom stereocenters. The van der Waals surface area contributed by atoms with Crippen LogP contribution in [0.25, 0.3) is 11.0 Å². The van der Waals surface area contributed by atoms with Crippen molar-refractivity contribution in [1.29, 1.82) is 0 Å². The van der Waals surface area contributed by atoms with E-state index >= 15 is 0 Å². The number of likely N-dealkylation sites (tertiary alicyclic amines) is 1. The molecule has 1 fully saturated rings. The van der Waals surface area contributed by atoms with Crippen molar-refractivity contribution in [2.45, 2.75) is 45.1 Å². The van der Waals surface area contributed by atoms with E-state index in [2.05, 4.69) is 14.9 Å². The van der Waals surface area contributed by atoms with E-state index in [1.807, 2.05) is 29.2 Å². The van der Waals surface area contributed by atoms with Gasteiger partial charge in [-0.3, -0.25) is 14.6 Å². The first kappa shape index (κ1) is 21.0. The van der Waals surface area contributed by atoms with Crippen molar-refractivity contribution in [3.63, 3.8) is 0 Å². The fourth-order valence-electron chi connectivity index (χ4n) is 4.14. The van der Waals surface area contributed by atoms with Crippen molar-refractivity contribution < 1.29 is 9.59 Å². The quantitative estimate of drug-likeness (QED) is 0.638. The Morgan fingerprint density at radius 3 is 2.48 bits per heavy atom. The molecule has 3 aromatic rings. The van der Waals surface area contributed by atoms with Gasteiger partial charge in [-0.2, -0.15) is 0 Å². The largest absolute Gasteiger partial charge is 0.352 e. The van der Waals surface area contributed by atoms with Gasteiger partial charge in [0, 0.05) is 57.0 Å². The van der Waals surface area contributed by atoms with Gasteiger partial charge in [0.05, 0.1) is 11.0 Å².